The molecule has 2 rings (SSSR count). The minimum Gasteiger partial charge on any atom is -0.493 e. The van der Waals surface area contributed by atoms with E-state index in [4.69, 9.17) is 10.5 Å². The highest BCUT2D eigenvalue weighted by atomic mass is 16.5. The number of hydrogen-bond donors (Lipinski definition) is 1. The van der Waals surface area contributed by atoms with E-state index in [0.29, 0.717) is 11.6 Å². The summed E-state index contributed by atoms with van der Waals surface area (Å²) >= 11 is 0. The van der Waals surface area contributed by atoms with E-state index in [1.165, 1.54) is 0 Å². The molecule has 6 heteroatoms. The number of aryl methyl sites for hydroxylation is 2. The fourth-order valence-electron chi connectivity index (χ4n) is 1.92. The van der Waals surface area contributed by atoms with E-state index >= 15 is 0 Å². The molecule has 0 bridgehead atoms. The normalized spacial score (nSPS) is 12.4. The molecule has 0 aliphatic carbocycles. The molecule has 1 atom stereocenters. The predicted octanol–water partition coefficient (Wildman–Crippen LogP) is 1.45. The van der Waals surface area contributed by atoms with Gasteiger partial charge in [-0.3, -0.25) is 4.68 Å². The fourth-order valence-corrected chi connectivity index (χ4v) is 1.92. The molecule has 0 aliphatic heterocycles. The maximum atomic E-state index is 6.25. The van der Waals surface area contributed by atoms with Crippen molar-refractivity contribution in [2.45, 2.75) is 32.9 Å². The van der Waals surface area contributed by atoms with Crippen LogP contribution in [0.3, 0.4) is 0 Å². The average Bonchev–Trinajstić information content (AvgIpc) is 2.82. The molecule has 0 fully saturated rings. The molecule has 0 saturated carbocycles. The Morgan fingerprint density at radius 1 is 1.32 bits per heavy atom. The number of methoxy groups -OCH3 is 1. The van der Waals surface area contributed by atoms with Crippen molar-refractivity contribution >= 4 is 0 Å². The van der Waals surface area contributed by atoms with Gasteiger partial charge in [-0.15, -0.1) is 0 Å². The van der Waals surface area contributed by atoms with Crippen LogP contribution in [0.4, 0.5) is 0 Å². The summed E-state index contributed by atoms with van der Waals surface area (Å²) in [5, 5.41) is 4.30. The quantitative estimate of drug-likeness (QED) is 0.881. The minimum atomic E-state index is -0.440. The number of nitrogens with zero attached hydrogens (tertiary/aromatic N) is 4. The van der Waals surface area contributed by atoms with Gasteiger partial charge < -0.3 is 10.5 Å². The van der Waals surface area contributed by atoms with Gasteiger partial charge in [0.1, 0.15) is 11.7 Å². The van der Waals surface area contributed by atoms with Crippen LogP contribution in [-0.2, 0) is 6.54 Å². The predicted molar refractivity (Wildman–Crippen MR) is 71.9 cm³/mol. The minimum absolute atomic E-state index is 0.440. The molecule has 0 aliphatic rings. The monoisotopic (exact) mass is 261 g/mol. The number of ether oxygens (including phenoxy) is 1. The summed E-state index contributed by atoms with van der Waals surface area (Å²) in [5.41, 5.74) is 8.07. The lowest BCUT2D eigenvalue weighted by Crippen LogP contribution is -2.20. The fraction of sp³-hybridized carbons (Fsp3) is 0.462. The van der Waals surface area contributed by atoms with E-state index < -0.39 is 6.04 Å². The van der Waals surface area contributed by atoms with Crippen molar-refractivity contribution in [3.8, 4) is 5.75 Å². The van der Waals surface area contributed by atoms with Crippen molar-refractivity contribution in [2.75, 3.05) is 7.11 Å². The summed E-state index contributed by atoms with van der Waals surface area (Å²) in [7, 11) is 1.61. The van der Waals surface area contributed by atoms with Crippen LogP contribution < -0.4 is 10.5 Å². The molecule has 0 spiro atoms. The van der Waals surface area contributed by atoms with E-state index in [1.807, 2.05) is 11.6 Å². The van der Waals surface area contributed by atoms with Gasteiger partial charge in [0.25, 0.3) is 0 Å². The Labute approximate surface area is 112 Å². The molecule has 0 radical (unpaired) electrons. The maximum Gasteiger partial charge on any atom is 0.162 e. The third-order valence-corrected chi connectivity index (χ3v) is 2.87. The summed E-state index contributed by atoms with van der Waals surface area (Å²) in [6, 6.07) is -0.440. The average molecular weight is 261 g/mol. The van der Waals surface area contributed by atoms with Crippen LogP contribution in [0.15, 0.2) is 18.6 Å². The van der Waals surface area contributed by atoms with Crippen LogP contribution in [0.25, 0.3) is 0 Å². The lowest BCUT2D eigenvalue weighted by Gasteiger charge is -2.14. The van der Waals surface area contributed by atoms with E-state index in [0.717, 1.165) is 24.2 Å². The van der Waals surface area contributed by atoms with Crippen LogP contribution in [0.5, 0.6) is 5.75 Å². The number of hydrogen-bond acceptors (Lipinski definition) is 5. The second kappa shape index (κ2) is 5.79. The molecule has 1 unspecified atom stereocenters. The van der Waals surface area contributed by atoms with Crippen LogP contribution in [0.2, 0.25) is 0 Å². The lowest BCUT2D eigenvalue weighted by molar-refractivity contribution is 0.403. The third kappa shape index (κ3) is 2.73. The third-order valence-electron chi connectivity index (χ3n) is 2.87. The van der Waals surface area contributed by atoms with Crippen molar-refractivity contribution in [3.05, 3.63) is 35.7 Å². The summed E-state index contributed by atoms with van der Waals surface area (Å²) < 4.78 is 7.17. The van der Waals surface area contributed by atoms with Crippen molar-refractivity contribution in [2.24, 2.45) is 5.73 Å². The second-order valence-corrected chi connectivity index (χ2v) is 4.42. The summed E-state index contributed by atoms with van der Waals surface area (Å²) in [6.45, 7) is 4.82. The molecule has 102 valence electrons. The van der Waals surface area contributed by atoms with Gasteiger partial charge in [0.05, 0.1) is 13.3 Å². The molecule has 0 aromatic carbocycles. The Bertz CT molecular complexity index is 534. The van der Waals surface area contributed by atoms with Crippen LogP contribution in [0, 0.1) is 6.92 Å². The van der Waals surface area contributed by atoms with Gasteiger partial charge in [0, 0.05) is 18.9 Å². The Kier molecular flexibility index (Phi) is 4.11. The molecule has 0 amide bonds. The second-order valence-electron chi connectivity index (χ2n) is 4.42. The van der Waals surface area contributed by atoms with E-state index in [1.54, 1.807) is 25.7 Å². The van der Waals surface area contributed by atoms with Crippen LogP contribution in [0.1, 0.15) is 36.5 Å². The first-order valence-corrected chi connectivity index (χ1v) is 6.31. The highest BCUT2D eigenvalue weighted by Crippen LogP contribution is 2.26. The van der Waals surface area contributed by atoms with Gasteiger partial charge in [0.2, 0.25) is 0 Å². The summed E-state index contributed by atoms with van der Waals surface area (Å²) in [5.74, 6) is 1.24. The Morgan fingerprint density at radius 2 is 2.00 bits per heavy atom. The van der Waals surface area contributed by atoms with Crippen molar-refractivity contribution in [3.63, 3.8) is 0 Å². The van der Waals surface area contributed by atoms with E-state index in [2.05, 4.69) is 22.0 Å². The number of nitrogens with two attached hydrogens (primary N) is 1. The zero-order valence-electron chi connectivity index (χ0n) is 11.5. The molecule has 0 saturated heterocycles. The van der Waals surface area contributed by atoms with E-state index in [9.17, 15) is 0 Å². The van der Waals surface area contributed by atoms with Gasteiger partial charge in [-0.2, -0.15) is 5.10 Å². The summed E-state index contributed by atoms with van der Waals surface area (Å²) in [6.07, 6.45) is 6.17. The summed E-state index contributed by atoms with van der Waals surface area (Å²) in [4.78, 5) is 8.56. The van der Waals surface area contributed by atoms with Gasteiger partial charge >= 0.3 is 0 Å². The molecule has 2 aromatic heterocycles. The Hall–Kier alpha value is -1.95. The lowest BCUT2D eigenvalue weighted by atomic mass is 10.2. The van der Waals surface area contributed by atoms with Crippen LogP contribution in [-0.4, -0.2) is 26.9 Å². The Balaban J connectivity index is 2.38. The molecule has 2 heterocycles. The van der Waals surface area contributed by atoms with Gasteiger partial charge in [0.15, 0.2) is 11.6 Å². The van der Waals surface area contributed by atoms with Gasteiger partial charge in [-0.05, 0) is 18.9 Å². The van der Waals surface area contributed by atoms with Crippen molar-refractivity contribution in [1.82, 2.24) is 19.7 Å². The first-order chi connectivity index (χ1) is 9.17. The number of rotatable bonds is 5. The largest absolute Gasteiger partial charge is 0.493 e. The van der Waals surface area contributed by atoms with E-state index in [-0.39, 0.29) is 0 Å². The highest BCUT2D eigenvalue weighted by molar-refractivity contribution is 5.31. The zero-order chi connectivity index (χ0) is 13.8. The van der Waals surface area contributed by atoms with Gasteiger partial charge in [-0.1, -0.05) is 6.92 Å². The Morgan fingerprint density at radius 3 is 2.58 bits per heavy atom. The van der Waals surface area contributed by atoms with Crippen LogP contribution >= 0.6 is 0 Å². The molecule has 2 N–H and O–H groups in total. The topological polar surface area (TPSA) is 78.9 Å². The zero-order valence-corrected chi connectivity index (χ0v) is 11.5. The van der Waals surface area contributed by atoms with Crippen molar-refractivity contribution in [1.29, 1.82) is 0 Å². The molecule has 6 nitrogen and oxygen atoms in total. The molecule has 19 heavy (non-hydrogen) atoms. The first-order valence-electron chi connectivity index (χ1n) is 6.31. The first kappa shape index (κ1) is 13.5. The highest BCUT2D eigenvalue weighted by Gasteiger charge is 2.22. The number of aromatic nitrogens is 4. The molecular weight excluding hydrogens is 242 g/mol. The molecule has 2 aromatic rings. The smallest absolute Gasteiger partial charge is 0.162 e. The standard InChI is InChI=1S/C13H19N5O/c1-4-5-18-12(10(19-3)8-17-18)11(14)13-15-6-9(2)7-16-13/h6-8,11H,4-5,14H2,1-3H3. The maximum absolute atomic E-state index is 6.25. The van der Waals surface area contributed by atoms with Crippen molar-refractivity contribution < 1.29 is 4.74 Å². The SMILES string of the molecule is CCCn1ncc(OC)c1C(N)c1ncc(C)cn1. The molecular formula is C13H19N5O. The van der Waals surface area contributed by atoms with Gasteiger partial charge in [-0.25, -0.2) is 9.97 Å².